The lowest BCUT2D eigenvalue weighted by Gasteiger charge is -2.36. The molecule has 1 heterocycles. The Labute approximate surface area is 195 Å². The summed E-state index contributed by atoms with van der Waals surface area (Å²) in [6, 6.07) is 26.4. The molecule has 3 aromatic rings. The molecule has 8 heteroatoms. The molecule has 0 saturated carbocycles. The first-order valence-electron chi connectivity index (χ1n) is 10.9. The van der Waals surface area contributed by atoms with E-state index in [2.05, 4.69) is 9.80 Å². The number of anilines is 2. The largest absolute Gasteiger partial charge is 0.369 e. The van der Waals surface area contributed by atoms with Crippen molar-refractivity contribution < 1.29 is 13.2 Å². The summed E-state index contributed by atoms with van der Waals surface area (Å²) < 4.78 is 22.9. The molecule has 33 heavy (non-hydrogen) atoms. The van der Waals surface area contributed by atoms with Crippen molar-refractivity contribution in [2.75, 3.05) is 42.5 Å². The van der Waals surface area contributed by atoms with Gasteiger partial charge < -0.3 is 9.80 Å². The second-order valence-corrected chi connectivity index (χ2v) is 9.66. The van der Waals surface area contributed by atoms with Gasteiger partial charge in [-0.1, -0.05) is 48.5 Å². The fourth-order valence-electron chi connectivity index (χ4n) is 3.98. The smallest absolute Gasteiger partial charge is 0.241 e. The first-order valence-corrected chi connectivity index (χ1v) is 12.4. The molecule has 0 spiro atoms. The van der Waals surface area contributed by atoms with Crippen LogP contribution in [0.15, 0.2) is 89.8 Å². The van der Waals surface area contributed by atoms with Crippen molar-refractivity contribution >= 4 is 27.3 Å². The highest BCUT2D eigenvalue weighted by molar-refractivity contribution is 7.89. The molecule has 1 saturated heterocycles. The molecule has 7 nitrogen and oxygen atoms in total. The van der Waals surface area contributed by atoms with Gasteiger partial charge in [-0.05, 0) is 42.0 Å². The van der Waals surface area contributed by atoms with E-state index in [1.165, 1.54) is 12.1 Å². The Balaban J connectivity index is 1.38. The highest BCUT2D eigenvalue weighted by Crippen LogP contribution is 2.20. The van der Waals surface area contributed by atoms with Crippen LogP contribution >= 0.6 is 0 Å². The summed E-state index contributed by atoms with van der Waals surface area (Å²) in [6.07, 6.45) is 0. The Morgan fingerprint density at radius 1 is 0.818 bits per heavy atom. The number of nitrogens with two attached hydrogens (primary N) is 1. The lowest BCUT2D eigenvalue weighted by Crippen LogP contribution is -2.50. The molecular formula is C25H28N4O3S. The lowest BCUT2D eigenvalue weighted by molar-refractivity contribution is -0.120. The van der Waals surface area contributed by atoms with Crippen molar-refractivity contribution in [1.29, 1.82) is 0 Å². The number of carbonyl (C=O) groups is 1. The SMILES string of the molecule is NS(=O)(=O)c1ccc(N2CCN(CC(=O)N(Cc3ccccc3)c3ccccc3)CC2)cc1. The molecule has 2 N–H and O–H groups in total. The fraction of sp³-hybridized carbons (Fsp3) is 0.240. The van der Waals surface area contributed by atoms with Crippen molar-refractivity contribution in [2.45, 2.75) is 11.4 Å². The van der Waals surface area contributed by atoms with Gasteiger partial charge in [0, 0.05) is 37.6 Å². The van der Waals surface area contributed by atoms with E-state index in [1.54, 1.807) is 12.1 Å². The Morgan fingerprint density at radius 3 is 1.97 bits per heavy atom. The van der Waals surface area contributed by atoms with E-state index in [0.717, 1.165) is 43.1 Å². The summed E-state index contributed by atoms with van der Waals surface area (Å²) >= 11 is 0. The predicted octanol–water partition coefficient (Wildman–Crippen LogP) is 2.69. The quantitative estimate of drug-likeness (QED) is 0.581. The molecule has 1 aliphatic heterocycles. The third-order valence-electron chi connectivity index (χ3n) is 5.81. The minimum absolute atomic E-state index is 0.0657. The van der Waals surface area contributed by atoms with Crippen molar-refractivity contribution in [2.24, 2.45) is 5.14 Å². The third-order valence-corrected chi connectivity index (χ3v) is 6.74. The van der Waals surface area contributed by atoms with Crippen LogP contribution in [0.2, 0.25) is 0 Å². The van der Waals surface area contributed by atoms with Gasteiger partial charge in [0.2, 0.25) is 15.9 Å². The number of hydrogen-bond acceptors (Lipinski definition) is 5. The van der Waals surface area contributed by atoms with Crippen LogP contribution in [0.3, 0.4) is 0 Å². The summed E-state index contributed by atoms with van der Waals surface area (Å²) in [4.78, 5) is 19.6. The summed E-state index contributed by atoms with van der Waals surface area (Å²) in [5.74, 6) is 0.0657. The molecule has 1 amide bonds. The van der Waals surface area contributed by atoms with E-state index in [4.69, 9.17) is 5.14 Å². The molecule has 1 fully saturated rings. The highest BCUT2D eigenvalue weighted by atomic mass is 32.2. The Kier molecular flexibility index (Phi) is 7.08. The first-order chi connectivity index (χ1) is 15.9. The number of hydrogen-bond donors (Lipinski definition) is 1. The standard InChI is InChI=1S/C25H28N4O3S/c26-33(31,32)24-13-11-22(12-14-24)28-17-15-27(16-18-28)20-25(30)29(23-9-5-2-6-10-23)19-21-7-3-1-4-8-21/h1-14H,15-20H2,(H2,26,31,32). The van der Waals surface area contributed by atoms with Crippen LogP contribution in [-0.4, -0.2) is 51.9 Å². The summed E-state index contributed by atoms with van der Waals surface area (Å²) in [5.41, 5.74) is 2.92. The van der Waals surface area contributed by atoms with Gasteiger partial charge in [0.15, 0.2) is 0 Å². The van der Waals surface area contributed by atoms with E-state index in [9.17, 15) is 13.2 Å². The van der Waals surface area contributed by atoms with Gasteiger partial charge in [-0.25, -0.2) is 13.6 Å². The van der Waals surface area contributed by atoms with Crippen LogP contribution in [-0.2, 0) is 21.4 Å². The van der Waals surface area contributed by atoms with Crippen LogP contribution in [0.25, 0.3) is 0 Å². The normalized spacial score (nSPS) is 14.8. The maximum atomic E-state index is 13.3. The van der Waals surface area contributed by atoms with Gasteiger partial charge in [-0.3, -0.25) is 9.69 Å². The lowest BCUT2D eigenvalue weighted by atomic mass is 10.2. The fourth-order valence-corrected chi connectivity index (χ4v) is 4.50. The second-order valence-electron chi connectivity index (χ2n) is 8.10. The zero-order valence-corrected chi connectivity index (χ0v) is 19.2. The second kappa shape index (κ2) is 10.2. The average molecular weight is 465 g/mol. The van der Waals surface area contributed by atoms with Gasteiger partial charge >= 0.3 is 0 Å². The number of rotatable bonds is 7. The molecule has 0 unspecified atom stereocenters. The molecule has 0 radical (unpaired) electrons. The molecule has 3 aromatic carbocycles. The molecule has 0 aromatic heterocycles. The number of para-hydroxylation sites is 1. The van der Waals surface area contributed by atoms with Crippen LogP contribution in [0.4, 0.5) is 11.4 Å². The van der Waals surface area contributed by atoms with Gasteiger partial charge in [-0.2, -0.15) is 0 Å². The number of sulfonamides is 1. The van der Waals surface area contributed by atoms with Crippen LogP contribution in [0, 0.1) is 0 Å². The number of nitrogens with zero attached hydrogens (tertiary/aromatic N) is 3. The highest BCUT2D eigenvalue weighted by Gasteiger charge is 2.23. The molecule has 0 aliphatic carbocycles. The van der Waals surface area contributed by atoms with Crippen molar-refractivity contribution in [3.8, 4) is 0 Å². The maximum Gasteiger partial charge on any atom is 0.241 e. The number of piperazine rings is 1. The van der Waals surface area contributed by atoms with E-state index in [0.29, 0.717) is 13.1 Å². The zero-order chi connectivity index (χ0) is 23.3. The third kappa shape index (κ3) is 5.98. The predicted molar refractivity (Wildman–Crippen MR) is 131 cm³/mol. The summed E-state index contributed by atoms with van der Waals surface area (Å²) in [5, 5.41) is 5.18. The summed E-state index contributed by atoms with van der Waals surface area (Å²) in [7, 11) is -3.70. The molecule has 172 valence electrons. The first kappa shape index (κ1) is 23.0. The van der Waals surface area contributed by atoms with Crippen molar-refractivity contribution in [1.82, 2.24) is 4.90 Å². The van der Waals surface area contributed by atoms with Crippen LogP contribution in [0.1, 0.15) is 5.56 Å². The number of primary sulfonamides is 1. The molecular weight excluding hydrogens is 436 g/mol. The Morgan fingerprint density at radius 2 is 1.39 bits per heavy atom. The van der Waals surface area contributed by atoms with Crippen LogP contribution in [0.5, 0.6) is 0 Å². The number of amides is 1. The number of benzene rings is 3. The Bertz CT molecular complexity index is 1160. The van der Waals surface area contributed by atoms with E-state index in [-0.39, 0.29) is 10.8 Å². The summed E-state index contributed by atoms with van der Waals surface area (Å²) in [6.45, 7) is 3.88. The zero-order valence-electron chi connectivity index (χ0n) is 18.4. The molecule has 0 atom stereocenters. The van der Waals surface area contributed by atoms with Gasteiger partial charge in [0.1, 0.15) is 0 Å². The topological polar surface area (TPSA) is 87.0 Å². The van der Waals surface area contributed by atoms with Gasteiger partial charge in [0.05, 0.1) is 18.0 Å². The maximum absolute atomic E-state index is 13.3. The van der Waals surface area contributed by atoms with Gasteiger partial charge in [-0.15, -0.1) is 0 Å². The molecule has 0 bridgehead atoms. The minimum atomic E-state index is -3.70. The molecule has 1 aliphatic rings. The van der Waals surface area contributed by atoms with Gasteiger partial charge in [0.25, 0.3) is 0 Å². The van der Waals surface area contributed by atoms with E-state index >= 15 is 0 Å². The molecule has 4 rings (SSSR count). The number of carbonyl (C=O) groups excluding carboxylic acids is 1. The van der Waals surface area contributed by atoms with Crippen LogP contribution < -0.4 is 14.9 Å². The monoisotopic (exact) mass is 464 g/mol. The van der Waals surface area contributed by atoms with E-state index in [1.807, 2.05) is 65.6 Å². The Hall–Kier alpha value is -3.20. The average Bonchev–Trinajstić information content (AvgIpc) is 2.84. The van der Waals surface area contributed by atoms with E-state index < -0.39 is 10.0 Å². The minimum Gasteiger partial charge on any atom is -0.369 e. The van der Waals surface area contributed by atoms with Crippen molar-refractivity contribution in [3.05, 3.63) is 90.5 Å². The van der Waals surface area contributed by atoms with Crippen molar-refractivity contribution in [3.63, 3.8) is 0 Å².